The number of nitriles is 1. The van der Waals surface area contributed by atoms with Gasteiger partial charge in [-0.1, -0.05) is 6.42 Å². The fourth-order valence-electron chi connectivity index (χ4n) is 2.94. The SMILES string of the molecule is CC1CCCC(C)N1CC(N)(C#N)C1CC1. The molecule has 2 fully saturated rings. The van der Waals surface area contributed by atoms with E-state index >= 15 is 0 Å². The average Bonchev–Trinajstić information content (AvgIpc) is 3.07. The molecule has 0 spiro atoms. The summed E-state index contributed by atoms with van der Waals surface area (Å²) in [5.74, 6) is 0.443. The summed E-state index contributed by atoms with van der Waals surface area (Å²) in [7, 11) is 0. The first-order valence-electron chi connectivity index (χ1n) is 6.52. The van der Waals surface area contributed by atoms with Crippen LogP contribution in [-0.2, 0) is 0 Å². The number of piperidine rings is 1. The zero-order chi connectivity index (χ0) is 11.8. The number of rotatable bonds is 3. The molecule has 1 saturated carbocycles. The van der Waals surface area contributed by atoms with Crippen LogP contribution in [0.2, 0.25) is 0 Å². The topological polar surface area (TPSA) is 53.0 Å². The van der Waals surface area contributed by atoms with Gasteiger partial charge in [0.25, 0.3) is 0 Å². The highest BCUT2D eigenvalue weighted by molar-refractivity contribution is 5.15. The minimum absolute atomic E-state index is 0.443. The maximum Gasteiger partial charge on any atom is 0.119 e. The second-order valence-electron chi connectivity index (χ2n) is 5.73. The van der Waals surface area contributed by atoms with Crippen molar-refractivity contribution >= 4 is 0 Å². The summed E-state index contributed by atoms with van der Waals surface area (Å²) in [6.45, 7) is 5.29. The maximum atomic E-state index is 9.30. The number of hydrogen-bond acceptors (Lipinski definition) is 3. The van der Waals surface area contributed by atoms with Crippen molar-refractivity contribution in [1.82, 2.24) is 4.90 Å². The highest BCUT2D eigenvalue weighted by atomic mass is 15.2. The summed E-state index contributed by atoms with van der Waals surface area (Å²) in [6, 6.07) is 3.53. The van der Waals surface area contributed by atoms with Crippen LogP contribution in [0, 0.1) is 17.2 Å². The Morgan fingerprint density at radius 2 is 1.81 bits per heavy atom. The van der Waals surface area contributed by atoms with Gasteiger partial charge < -0.3 is 5.73 Å². The van der Waals surface area contributed by atoms with Gasteiger partial charge in [-0.25, -0.2) is 0 Å². The molecule has 1 aliphatic heterocycles. The van der Waals surface area contributed by atoms with E-state index in [-0.39, 0.29) is 0 Å². The monoisotopic (exact) mass is 221 g/mol. The Morgan fingerprint density at radius 3 is 2.25 bits per heavy atom. The molecule has 0 aromatic carbocycles. The van der Waals surface area contributed by atoms with E-state index in [0.29, 0.717) is 18.0 Å². The zero-order valence-corrected chi connectivity index (χ0v) is 10.4. The van der Waals surface area contributed by atoms with E-state index in [9.17, 15) is 5.26 Å². The Balaban J connectivity index is 2.03. The number of likely N-dealkylation sites (tertiary alicyclic amines) is 1. The molecule has 3 unspecified atom stereocenters. The van der Waals surface area contributed by atoms with Gasteiger partial charge in [-0.05, 0) is 45.4 Å². The smallest absolute Gasteiger partial charge is 0.119 e. The highest BCUT2D eigenvalue weighted by Gasteiger charge is 2.45. The zero-order valence-electron chi connectivity index (χ0n) is 10.4. The lowest BCUT2D eigenvalue weighted by Crippen LogP contribution is -2.56. The van der Waals surface area contributed by atoms with Crippen molar-refractivity contribution < 1.29 is 0 Å². The second kappa shape index (κ2) is 4.35. The average molecular weight is 221 g/mol. The number of hydrogen-bond donors (Lipinski definition) is 1. The van der Waals surface area contributed by atoms with Crippen LogP contribution >= 0.6 is 0 Å². The quantitative estimate of drug-likeness (QED) is 0.791. The predicted octanol–water partition coefficient (Wildman–Crippen LogP) is 1.88. The summed E-state index contributed by atoms with van der Waals surface area (Å²) in [5, 5.41) is 9.30. The van der Waals surface area contributed by atoms with Gasteiger partial charge in [-0.15, -0.1) is 0 Å². The summed E-state index contributed by atoms with van der Waals surface area (Å²) >= 11 is 0. The number of nitrogens with zero attached hydrogens (tertiary/aromatic N) is 2. The minimum Gasteiger partial charge on any atom is -0.312 e. The predicted molar refractivity (Wildman–Crippen MR) is 64.7 cm³/mol. The molecule has 2 N–H and O–H groups in total. The highest BCUT2D eigenvalue weighted by Crippen LogP contribution is 2.39. The van der Waals surface area contributed by atoms with Gasteiger partial charge in [0, 0.05) is 18.6 Å². The van der Waals surface area contributed by atoms with Crippen molar-refractivity contribution in [2.24, 2.45) is 11.7 Å². The third-order valence-electron chi connectivity index (χ3n) is 4.33. The van der Waals surface area contributed by atoms with Crippen LogP contribution in [0.15, 0.2) is 0 Å². The lowest BCUT2D eigenvalue weighted by atomic mass is 9.90. The van der Waals surface area contributed by atoms with E-state index in [1.165, 1.54) is 19.3 Å². The first-order chi connectivity index (χ1) is 7.57. The van der Waals surface area contributed by atoms with E-state index in [0.717, 1.165) is 19.4 Å². The van der Waals surface area contributed by atoms with Crippen LogP contribution in [0.5, 0.6) is 0 Å². The van der Waals surface area contributed by atoms with Crippen molar-refractivity contribution in [1.29, 1.82) is 5.26 Å². The first kappa shape index (κ1) is 11.9. The van der Waals surface area contributed by atoms with Gasteiger partial charge in [0.2, 0.25) is 0 Å². The van der Waals surface area contributed by atoms with Gasteiger partial charge in [0.05, 0.1) is 6.07 Å². The van der Waals surface area contributed by atoms with Gasteiger partial charge in [-0.3, -0.25) is 4.90 Å². The molecule has 0 aromatic rings. The van der Waals surface area contributed by atoms with Crippen molar-refractivity contribution in [2.45, 2.75) is 63.6 Å². The fourth-order valence-corrected chi connectivity index (χ4v) is 2.94. The molecule has 0 aromatic heterocycles. The number of nitrogens with two attached hydrogens (primary N) is 1. The molecule has 2 rings (SSSR count). The second-order valence-corrected chi connectivity index (χ2v) is 5.73. The maximum absolute atomic E-state index is 9.30. The van der Waals surface area contributed by atoms with Crippen LogP contribution in [0.1, 0.15) is 46.0 Å². The van der Waals surface area contributed by atoms with Crippen molar-refractivity contribution in [3.05, 3.63) is 0 Å². The summed E-state index contributed by atoms with van der Waals surface area (Å²) in [4.78, 5) is 2.45. The molecular formula is C13H23N3. The molecule has 0 bridgehead atoms. The Hall–Kier alpha value is -0.590. The Kier molecular flexibility index (Phi) is 3.23. The van der Waals surface area contributed by atoms with Crippen LogP contribution in [0.3, 0.4) is 0 Å². The van der Waals surface area contributed by atoms with Crippen molar-refractivity contribution in [3.8, 4) is 6.07 Å². The largest absolute Gasteiger partial charge is 0.312 e. The van der Waals surface area contributed by atoms with Gasteiger partial charge in [0.15, 0.2) is 0 Å². The van der Waals surface area contributed by atoms with Crippen LogP contribution in [0.4, 0.5) is 0 Å². The van der Waals surface area contributed by atoms with Crippen LogP contribution in [0.25, 0.3) is 0 Å². The molecule has 1 aliphatic carbocycles. The van der Waals surface area contributed by atoms with Crippen molar-refractivity contribution in [3.63, 3.8) is 0 Å². The van der Waals surface area contributed by atoms with Gasteiger partial charge in [0.1, 0.15) is 5.54 Å². The molecule has 3 heteroatoms. The van der Waals surface area contributed by atoms with E-state index in [4.69, 9.17) is 5.73 Å². The first-order valence-corrected chi connectivity index (χ1v) is 6.52. The third-order valence-corrected chi connectivity index (χ3v) is 4.33. The van der Waals surface area contributed by atoms with Crippen LogP contribution in [-0.4, -0.2) is 29.1 Å². The molecule has 1 heterocycles. The summed E-state index contributed by atoms with van der Waals surface area (Å²) in [6.07, 6.45) is 6.08. The molecule has 0 radical (unpaired) electrons. The molecule has 90 valence electrons. The molecule has 3 atom stereocenters. The molecular weight excluding hydrogens is 198 g/mol. The third kappa shape index (κ3) is 2.23. The Morgan fingerprint density at radius 1 is 1.25 bits per heavy atom. The standard InChI is InChI=1S/C13H23N3/c1-10-4-3-5-11(2)16(10)9-13(15,8-14)12-6-7-12/h10-12H,3-7,9,15H2,1-2H3. The van der Waals surface area contributed by atoms with E-state index in [2.05, 4.69) is 24.8 Å². The summed E-state index contributed by atoms with van der Waals surface area (Å²) in [5.41, 5.74) is 5.66. The van der Waals surface area contributed by atoms with E-state index < -0.39 is 5.54 Å². The minimum atomic E-state index is -0.597. The van der Waals surface area contributed by atoms with Crippen molar-refractivity contribution in [2.75, 3.05) is 6.54 Å². The van der Waals surface area contributed by atoms with E-state index in [1.807, 2.05) is 0 Å². The summed E-state index contributed by atoms with van der Waals surface area (Å²) < 4.78 is 0. The molecule has 1 saturated heterocycles. The lowest BCUT2D eigenvalue weighted by Gasteiger charge is -2.42. The Bertz CT molecular complexity index is 282. The lowest BCUT2D eigenvalue weighted by molar-refractivity contribution is 0.0817. The fraction of sp³-hybridized carbons (Fsp3) is 0.923. The van der Waals surface area contributed by atoms with Gasteiger partial charge >= 0.3 is 0 Å². The molecule has 3 nitrogen and oxygen atoms in total. The molecule has 16 heavy (non-hydrogen) atoms. The van der Waals surface area contributed by atoms with Gasteiger partial charge in [-0.2, -0.15) is 5.26 Å². The Labute approximate surface area is 98.6 Å². The molecule has 0 amide bonds. The molecule has 2 aliphatic rings. The normalized spacial score (nSPS) is 35.4. The van der Waals surface area contributed by atoms with Crippen LogP contribution < -0.4 is 5.73 Å². The van der Waals surface area contributed by atoms with E-state index in [1.54, 1.807) is 0 Å².